The van der Waals surface area contributed by atoms with E-state index < -0.39 is 0 Å². The van der Waals surface area contributed by atoms with Crippen LogP contribution in [0.25, 0.3) is 5.69 Å². The Balaban J connectivity index is 1.80. The molecule has 3 rings (SSSR count). The fourth-order valence-corrected chi connectivity index (χ4v) is 3.19. The lowest BCUT2D eigenvalue weighted by Crippen LogP contribution is -2.34. The molecule has 0 spiro atoms. The molecule has 1 aromatic carbocycles. The van der Waals surface area contributed by atoms with E-state index in [0.717, 1.165) is 36.1 Å². The minimum absolute atomic E-state index is 0.286. The van der Waals surface area contributed by atoms with E-state index in [-0.39, 0.29) is 17.6 Å². The summed E-state index contributed by atoms with van der Waals surface area (Å²) in [5.41, 5.74) is 3.67. The maximum Gasteiger partial charge on any atom is 0.272 e. The highest BCUT2D eigenvalue weighted by atomic mass is 19.1. The van der Waals surface area contributed by atoms with Gasteiger partial charge < -0.3 is 10.6 Å². The predicted molar refractivity (Wildman–Crippen MR) is 95.8 cm³/mol. The second-order valence-electron chi connectivity index (χ2n) is 6.28. The summed E-state index contributed by atoms with van der Waals surface area (Å²) >= 11 is 0. The third-order valence-corrected chi connectivity index (χ3v) is 4.31. The zero-order valence-corrected chi connectivity index (χ0v) is 14.6. The quantitative estimate of drug-likeness (QED) is 0.613. The molecule has 7 heteroatoms. The Morgan fingerprint density at radius 3 is 2.77 bits per heavy atom. The van der Waals surface area contributed by atoms with E-state index in [1.807, 2.05) is 13.0 Å². The van der Waals surface area contributed by atoms with Crippen molar-refractivity contribution in [1.29, 1.82) is 0 Å². The number of hydrogen-bond acceptors (Lipinski definition) is 3. The molecule has 2 amide bonds. The second kappa shape index (κ2) is 7.51. The van der Waals surface area contributed by atoms with Gasteiger partial charge >= 0.3 is 0 Å². The molecular weight excluding hydrogens is 335 g/mol. The van der Waals surface area contributed by atoms with Crippen molar-refractivity contribution in [3.8, 4) is 5.69 Å². The molecule has 0 bridgehead atoms. The number of aryl methyl sites for hydroxylation is 1. The van der Waals surface area contributed by atoms with Gasteiger partial charge in [0.2, 0.25) is 5.91 Å². The van der Waals surface area contributed by atoms with E-state index in [1.54, 1.807) is 4.68 Å². The van der Waals surface area contributed by atoms with E-state index in [0.29, 0.717) is 24.5 Å². The van der Waals surface area contributed by atoms with Crippen LogP contribution in [0, 0.1) is 12.7 Å². The number of hydrogen-bond donors (Lipinski definition) is 2. The maximum atomic E-state index is 13.8. The number of aromatic nitrogens is 2. The monoisotopic (exact) mass is 356 g/mol. The minimum Gasteiger partial charge on any atom is -0.351 e. The van der Waals surface area contributed by atoms with E-state index >= 15 is 0 Å². The van der Waals surface area contributed by atoms with E-state index in [4.69, 9.17) is 0 Å². The van der Waals surface area contributed by atoms with Gasteiger partial charge in [-0.2, -0.15) is 5.10 Å². The van der Waals surface area contributed by atoms with Gasteiger partial charge in [-0.15, -0.1) is 0 Å². The van der Waals surface area contributed by atoms with Crippen LogP contribution in [0.5, 0.6) is 0 Å². The summed E-state index contributed by atoms with van der Waals surface area (Å²) in [6, 6.07) is 4.73. The highest BCUT2D eigenvalue weighted by Crippen LogP contribution is 2.28. The van der Waals surface area contributed by atoms with Gasteiger partial charge in [0.1, 0.15) is 5.82 Å². The van der Waals surface area contributed by atoms with Crippen LogP contribution in [0.3, 0.4) is 0 Å². The van der Waals surface area contributed by atoms with Gasteiger partial charge in [0.05, 0.1) is 5.69 Å². The zero-order valence-electron chi connectivity index (χ0n) is 14.6. The van der Waals surface area contributed by atoms with Gasteiger partial charge in [0.15, 0.2) is 5.69 Å². The molecule has 0 saturated heterocycles. The molecule has 1 aliphatic carbocycles. The zero-order chi connectivity index (χ0) is 18.7. The molecule has 2 aromatic rings. The van der Waals surface area contributed by atoms with Gasteiger partial charge in [0, 0.05) is 24.3 Å². The first-order chi connectivity index (χ1) is 12.5. The Morgan fingerprint density at radius 1 is 1.27 bits per heavy atom. The Labute approximate surface area is 151 Å². The van der Waals surface area contributed by atoms with Crippen molar-refractivity contribution in [3.05, 3.63) is 59.2 Å². The molecule has 0 radical (unpaired) electrons. The molecule has 2 N–H and O–H groups in total. The Bertz CT molecular complexity index is 852. The molecule has 0 saturated carbocycles. The molecule has 26 heavy (non-hydrogen) atoms. The lowest BCUT2D eigenvalue weighted by atomic mass is 10.2. The third-order valence-electron chi connectivity index (χ3n) is 4.31. The fourth-order valence-electron chi connectivity index (χ4n) is 3.19. The number of halogens is 1. The largest absolute Gasteiger partial charge is 0.351 e. The van der Waals surface area contributed by atoms with Crippen molar-refractivity contribution in [2.24, 2.45) is 0 Å². The standard InChI is InChI=1S/C19H21FN4O2/c1-3-17(25)21-7-8-22-19(26)18-15-5-4-6-16(15)24(23-18)14-10-12(2)9-13(20)11-14/h3,9-11H,1,4-8H2,2H3,(H,21,25)(H,22,26). The summed E-state index contributed by atoms with van der Waals surface area (Å²) in [5.74, 6) is -0.903. The topological polar surface area (TPSA) is 76.0 Å². The number of benzene rings is 1. The van der Waals surface area contributed by atoms with E-state index in [9.17, 15) is 14.0 Å². The van der Waals surface area contributed by atoms with Gasteiger partial charge in [-0.3, -0.25) is 9.59 Å². The average molecular weight is 356 g/mol. The van der Waals surface area contributed by atoms with Crippen molar-refractivity contribution >= 4 is 11.8 Å². The molecule has 1 aliphatic rings. The lowest BCUT2D eigenvalue weighted by Gasteiger charge is -2.07. The minimum atomic E-state index is -0.328. The van der Waals surface area contributed by atoms with Gasteiger partial charge in [-0.25, -0.2) is 9.07 Å². The van der Waals surface area contributed by atoms with Crippen molar-refractivity contribution in [2.45, 2.75) is 26.2 Å². The first-order valence-corrected chi connectivity index (χ1v) is 8.56. The second-order valence-corrected chi connectivity index (χ2v) is 6.28. The van der Waals surface area contributed by atoms with Crippen molar-refractivity contribution in [1.82, 2.24) is 20.4 Å². The van der Waals surface area contributed by atoms with Gasteiger partial charge in [-0.05, 0) is 56.0 Å². The fraction of sp³-hybridized carbons (Fsp3) is 0.316. The number of carbonyl (C=O) groups excluding carboxylic acids is 2. The van der Waals surface area contributed by atoms with E-state index in [1.165, 1.54) is 18.2 Å². The van der Waals surface area contributed by atoms with Crippen LogP contribution in [0.4, 0.5) is 4.39 Å². The first kappa shape index (κ1) is 17.8. The van der Waals surface area contributed by atoms with Gasteiger partial charge in [0.25, 0.3) is 5.91 Å². The smallest absolute Gasteiger partial charge is 0.272 e. The number of carbonyl (C=O) groups is 2. The summed E-state index contributed by atoms with van der Waals surface area (Å²) in [5, 5.41) is 9.80. The molecule has 0 unspecified atom stereocenters. The molecular formula is C19H21FN4O2. The van der Waals surface area contributed by atoms with Crippen LogP contribution < -0.4 is 10.6 Å². The summed E-state index contributed by atoms with van der Waals surface area (Å²) in [7, 11) is 0. The molecule has 6 nitrogen and oxygen atoms in total. The van der Waals surface area contributed by atoms with Crippen LogP contribution in [0.15, 0.2) is 30.9 Å². The SMILES string of the molecule is C=CC(=O)NCCNC(=O)c1nn(-c2cc(C)cc(F)c2)c2c1CCC2. The highest BCUT2D eigenvalue weighted by Gasteiger charge is 2.27. The Kier molecular flexibility index (Phi) is 5.16. The number of nitrogens with one attached hydrogen (secondary N) is 2. The Hall–Kier alpha value is -2.96. The molecule has 1 aromatic heterocycles. The molecule has 0 fully saturated rings. The normalized spacial score (nSPS) is 12.5. The predicted octanol–water partition coefficient (Wildman–Crippen LogP) is 1.84. The summed E-state index contributed by atoms with van der Waals surface area (Å²) in [6.07, 6.45) is 3.70. The number of amides is 2. The molecule has 0 aliphatic heterocycles. The van der Waals surface area contributed by atoms with Crippen molar-refractivity contribution in [2.75, 3.05) is 13.1 Å². The van der Waals surface area contributed by atoms with Crippen LogP contribution >= 0.6 is 0 Å². The van der Waals surface area contributed by atoms with Crippen molar-refractivity contribution in [3.63, 3.8) is 0 Å². The Morgan fingerprint density at radius 2 is 2.04 bits per heavy atom. The van der Waals surface area contributed by atoms with E-state index in [2.05, 4.69) is 22.3 Å². The van der Waals surface area contributed by atoms with Crippen molar-refractivity contribution < 1.29 is 14.0 Å². The summed E-state index contributed by atoms with van der Waals surface area (Å²) in [6.45, 7) is 5.79. The molecule has 0 atom stereocenters. The average Bonchev–Trinajstić information content (AvgIpc) is 3.19. The number of fused-ring (bicyclic) bond motifs is 1. The lowest BCUT2D eigenvalue weighted by molar-refractivity contribution is -0.116. The van der Waals surface area contributed by atoms with Crippen LogP contribution in [0.2, 0.25) is 0 Å². The molecule has 1 heterocycles. The number of nitrogens with zero attached hydrogens (tertiary/aromatic N) is 2. The third kappa shape index (κ3) is 3.66. The first-order valence-electron chi connectivity index (χ1n) is 8.56. The van der Waals surface area contributed by atoms with Gasteiger partial charge in [-0.1, -0.05) is 6.58 Å². The van der Waals surface area contributed by atoms with Crippen LogP contribution in [-0.2, 0) is 17.6 Å². The number of rotatable bonds is 6. The summed E-state index contributed by atoms with van der Waals surface area (Å²) in [4.78, 5) is 23.6. The molecule has 136 valence electrons. The maximum absolute atomic E-state index is 13.8. The van der Waals surface area contributed by atoms with Crippen LogP contribution in [-0.4, -0.2) is 34.7 Å². The summed E-state index contributed by atoms with van der Waals surface area (Å²) < 4.78 is 15.4. The highest BCUT2D eigenvalue weighted by molar-refractivity contribution is 5.94. The van der Waals surface area contributed by atoms with Crippen LogP contribution in [0.1, 0.15) is 33.7 Å².